The van der Waals surface area contributed by atoms with Crippen LogP contribution in [0.1, 0.15) is 32.1 Å². The molecule has 2 fully saturated rings. The Bertz CT molecular complexity index is 826. The number of carbonyl (C=O) groups excluding carboxylic acids is 2. The molecule has 0 bridgehead atoms. The van der Waals surface area contributed by atoms with Crippen LogP contribution in [0.15, 0.2) is 35.2 Å². The highest BCUT2D eigenvalue weighted by Crippen LogP contribution is 2.24. The van der Waals surface area contributed by atoms with E-state index in [0.717, 1.165) is 31.7 Å². The maximum atomic E-state index is 13.0. The van der Waals surface area contributed by atoms with Gasteiger partial charge in [0, 0.05) is 26.2 Å². The van der Waals surface area contributed by atoms with Gasteiger partial charge in [-0.05, 0) is 56.2 Å². The van der Waals surface area contributed by atoms with Gasteiger partial charge in [-0.3, -0.25) is 9.59 Å². The van der Waals surface area contributed by atoms with Crippen LogP contribution in [0.2, 0.25) is 0 Å². The first-order valence-corrected chi connectivity index (χ1v) is 13.4. The van der Waals surface area contributed by atoms with Gasteiger partial charge in [0.15, 0.2) is 0 Å². The van der Waals surface area contributed by atoms with Gasteiger partial charge in [-0.25, -0.2) is 8.42 Å². The van der Waals surface area contributed by atoms with Crippen LogP contribution in [0.4, 0.5) is 0 Å². The molecule has 0 aromatic heterocycles. The van der Waals surface area contributed by atoms with Crippen LogP contribution < -0.4 is 5.32 Å². The Morgan fingerprint density at radius 1 is 1.13 bits per heavy atom. The molecule has 2 atom stereocenters. The largest absolute Gasteiger partial charge is 0.344 e. The van der Waals surface area contributed by atoms with Crippen molar-refractivity contribution in [1.29, 1.82) is 0 Å². The van der Waals surface area contributed by atoms with Gasteiger partial charge >= 0.3 is 0 Å². The van der Waals surface area contributed by atoms with Crippen molar-refractivity contribution in [2.24, 2.45) is 5.92 Å². The highest BCUT2D eigenvalue weighted by molar-refractivity contribution is 7.98. The molecule has 2 saturated heterocycles. The Balaban J connectivity index is 1.66. The Hall–Kier alpha value is -1.58. The third-order valence-corrected chi connectivity index (χ3v) is 8.30. The number of sulfonamides is 1. The van der Waals surface area contributed by atoms with E-state index in [0.29, 0.717) is 25.8 Å². The highest BCUT2D eigenvalue weighted by Gasteiger charge is 2.35. The van der Waals surface area contributed by atoms with E-state index in [1.54, 1.807) is 42.1 Å². The van der Waals surface area contributed by atoms with Gasteiger partial charge in [0.25, 0.3) is 0 Å². The molecular weight excluding hydrogens is 422 g/mol. The number of nitrogens with zero attached hydrogens (tertiary/aromatic N) is 2. The molecule has 9 heteroatoms. The van der Waals surface area contributed by atoms with Crippen LogP contribution in [-0.2, 0) is 19.6 Å². The predicted octanol–water partition coefficient (Wildman–Crippen LogP) is 1.95. The van der Waals surface area contributed by atoms with Crippen LogP contribution in [-0.4, -0.2) is 73.7 Å². The molecular formula is C21H31N3O4S2. The molecule has 166 valence electrons. The topological polar surface area (TPSA) is 86.8 Å². The number of benzene rings is 1. The summed E-state index contributed by atoms with van der Waals surface area (Å²) in [7, 11) is -3.63. The fourth-order valence-electron chi connectivity index (χ4n) is 4.06. The molecule has 1 aromatic rings. The summed E-state index contributed by atoms with van der Waals surface area (Å²) in [4.78, 5) is 27.9. The lowest BCUT2D eigenvalue weighted by atomic mass is 9.98. The van der Waals surface area contributed by atoms with Crippen molar-refractivity contribution < 1.29 is 18.0 Å². The molecule has 3 rings (SSSR count). The summed E-state index contributed by atoms with van der Waals surface area (Å²) in [6.07, 6.45) is 5.82. The van der Waals surface area contributed by atoms with Crippen molar-refractivity contribution in [3.63, 3.8) is 0 Å². The van der Waals surface area contributed by atoms with E-state index in [4.69, 9.17) is 0 Å². The lowest BCUT2D eigenvalue weighted by Crippen LogP contribution is -2.52. The summed E-state index contributed by atoms with van der Waals surface area (Å²) in [5.41, 5.74) is 0. The van der Waals surface area contributed by atoms with Crippen molar-refractivity contribution >= 4 is 33.6 Å². The standard InChI is InChI=1S/C21H31N3O4S2/c1-29-15-11-19(21(26)23-12-5-6-13-23)22-20(25)17-8-7-14-24(16-17)30(27,28)18-9-3-2-4-10-18/h2-4,9-10,17,19H,5-8,11-16H2,1H3,(H,22,25)/t17-,19+/m1/s1. The lowest BCUT2D eigenvalue weighted by molar-refractivity contribution is -0.137. The van der Waals surface area contributed by atoms with Gasteiger partial charge in [-0.15, -0.1) is 0 Å². The molecule has 2 aliphatic rings. The lowest BCUT2D eigenvalue weighted by Gasteiger charge is -2.32. The number of nitrogens with one attached hydrogen (secondary N) is 1. The summed E-state index contributed by atoms with van der Waals surface area (Å²) in [6.45, 7) is 2.05. The maximum Gasteiger partial charge on any atom is 0.245 e. The molecule has 30 heavy (non-hydrogen) atoms. The molecule has 7 nitrogen and oxygen atoms in total. The Morgan fingerprint density at radius 3 is 2.50 bits per heavy atom. The van der Waals surface area contributed by atoms with Crippen molar-refractivity contribution in [2.75, 3.05) is 38.2 Å². The molecule has 2 aliphatic heterocycles. The van der Waals surface area contributed by atoms with Crippen molar-refractivity contribution in [2.45, 2.75) is 43.0 Å². The quantitative estimate of drug-likeness (QED) is 0.650. The highest BCUT2D eigenvalue weighted by atomic mass is 32.2. The van der Waals surface area contributed by atoms with E-state index in [1.807, 2.05) is 11.2 Å². The smallest absolute Gasteiger partial charge is 0.245 e. The summed E-state index contributed by atoms with van der Waals surface area (Å²) in [6, 6.07) is 7.78. The fourth-order valence-corrected chi connectivity index (χ4v) is 6.07. The van der Waals surface area contributed by atoms with Gasteiger partial charge < -0.3 is 10.2 Å². The van der Waals surface area contributed by atoms with Crippen LogP contribution >= 0.6 is 11.8 Å². The van der Waals surface area contributed by atoms with Gasteiger partial charge in [-0.2, -0.15) is 16.1 Å². The number of likely N-dealkylation sites (tertiary alicyclic amines) is 1. The average molecular weight is 454 g/mol. The number of rotatable bonds is 8. The zero-order valence-corrected chi connectivity index (χ0v) is 19.1. The zero-order chi connectivity index (χ0) is 21.6. The molecule has 0 radical (unpaired) electrons. The van der Waals surface area contributed by atoms with E-state index in [2.05, 4.69) is 5.32 Å². The van der Waals surface area contributed by atoms with E-state index >= 15 is 0 Å². The monoisotopic (exact) mass is 453 g/mol. The van der Waals surface area contributed by atoms with E-state index in [1.165, 1.54) is 4.31 Å². The summed E-state index contributed by atoms with van der Waals surface area (Å²) >= 11 is 1.64. The predicted molar refractivity (Wildman–Crippen MR) is 119 cm³/mol. The molecule has 0 unspecified atom stereocenters. The van der Waals surface area contributed by atoms with Gasteiger partial charge in [0.05, 0.1) is 10.8 Å². The first kappa shape index (κ1) is 23.1. The molecule has 0 aliphatic carbocycles. The minimum absolute atomic E-state index is 0.0144. The van der Waals surface area contributed by atoms with E-state index < -0.39 is 22.0 Å². The number of hydrogen-bond acceptors (Lipinski definition) is 5. The van der Waals surface area contributed by atoms with Crippen molar-refractivity contribution in [1.82, 2.24) is 14.5 Å². The Morgan fingerprint density at radius 2 is 1.83 bits per heavy atom. The molecule has 1 aromatic carbocycles. The van der Waals surface area contributed by atoms with Crippen LogP contribution in [0.5, 0.6) is 0 Å². The second-order valence-corrected chi connectivity index (χ2v) is 10.8. The van der Waals surface area contributed by atoms with Crippen LogP contribution in [0, 0.1) is 5.92 Å². The SMILES string of the molecule is CSCC[C@H](NC(=O)[C@@H]1CCCN(S(=O)(=O)c2ccccc2)C1)C(=O)N1CCCC1. The Labute approximate surface area is 183 Å². The van der Waals surface area contributed by atoms with Gasteiger partial charge in [-0.1, -0.05) is 18.2 Å². The van der Waals surface area contributed by atoms with E-state index in [-0.39, 0.29) is 23.3 Å². The normalized spacial score (nSPS) is 21.4. The minimum Gasteiger partial charge on any atom is -0.344 e. The summed E-state index contributed by atoms with van der Waals surface area (Å²) < 4.78 is 27.3. The fraction of sp³-hybridized carbons (Fsp3) is 0.619. The number of piperidine rings is 1. The molecule has 2 amide bonds. The van der Waals surface area contributed by atoms with E-state index in [9.17, 15) is 18.0 Å². The van der Waals surface area contributed by atoms with Crippen LogP contribution in [0.3, 0.4) is 0 Å². The number of amides is 2. The Kier molecular flexibility index (Phi) is 8.19. The molecule has 1 N–H and O–H groups in total. The molecule has 2 heterocycles. The number of hydrogen-bond donors (Lipinski definition) is 1. The number of carbonyl (C=O) groups is 2. The van der Waals surface area contributed by atoms with Crippen LogP contribution in [0.25, 0.3) is 0 Å². The molecule has 0 saturated carbocycles. The van der Waals surface area contributed by atoms with Crippen molar-refractivity contribution in [3.8, 4) is 0 Å². The summed E-state index contributed by atoms with van der Waals surface area (Å²) in [5.74, 6) is 0.102. The minimum atomic E-state index is -3.63. The average Bonchev–Trinajstić information content (AvgIpc) is 3.31. The first-order chi connectivity index (χ1) is 14.4. The van der Waals surface area contributed by atoms with Gasteiger partial charge in [0.2, 0.25) is 21.8 Å². The second kappa shape index (κ2) is 10.6. The third-order valence-electron chi connectivity index (χ3n) is 5.78. The first-order valence-electron chi connectivity index (χ1n) is 10.6. The second-order valence-electron chi connectivity index (χ2n) is 7.89. The van der Waals surface area contributed by atoms with Crippen molar-refractivity contribution in [3.05, 3.63) is 30.3 Å². The number of thioether (sulfide) groups is 1. The summed E-state index contributed by atoms with van der Waals surface area (Å²) in [5, 5.41) is 2.95. The molecule has 0 spiro atoms. The third kappa shape index (κ3) is 5.56. The zero-order valence-electron chi connectivity index (χ0n) is 17.5. The maximum absolute atomic E-state index is 13.0. The van der Waals surface area contributed by atoms with Gasteiger partial charge in [0.1, 0.15) is 6.04 Å².